The molecular weight excluding hydrogens is 1240 g/mol. The third-order valence-corrected chi connectivity index (χ3v) is 21.8. The number of hydrogen-bond donors (Lipinski definition) is 0. The van der Waals surface area contributed by atoms with E-state index in [-0.39, 0.29) is 5.92 Å². The molecule has 1 aliphatic rings. The molecule has 7 heteroatoms. The van der Waals surface area contributed by atoms with Gasteiger partial charge in [-0.05, 0) is 189 Å². The fourth-order valence-corrected chi connectivity index (χ4v) is 17.3. The average Bonchev–Trinajstić information content (AvgIpc) is 1.57. The van der Waals surface area contributed by atoms with Gasteiger partial charge in [0, 0.05) is 77.0 Å². The van der Waals surface area contributed by atoms with Crippen molar-refractivity contribution in [3.05, 3.63) is 369 Å². The van der Waals surface area contributed by atoms with Gasteiger partial charge in [0.2, 0.25) is 5.95 Å². The molecule has 102 heavy (non-hydrogen) atoms. The number of para-hydroxylation sites is 8. The SMILES string of the molecule is c1ccc(-n2c3ccccc3c3cc(-c4ccc5c(c4)-c4ccccc4C5c4cc(-n5c6ccccc6c6cc(-c7ccc8c(c7)c7ccccc7n8-c7ccccc7)ccc65)nc(-n5c6ccccc6c6cc(-c7ccc8c(c7)c7ccccc7n8-c7ccccc7)ccc65)n4)ccc32)cc1. The van der Waals surface area contributed by atoms with Crippen LogP contribution in [0.15, 0.2) is 352 Å². The second-order valence-electron chi connectivity index (χ2n) is 27.2. The monoisotopic (exact) mass is 1300 g/mol. The lowest BCUT2D eigenvalue weighted by molar-refractivity contribution is 0.868. The Morgan fingerprint density at radius 3 is 0.902 bits per heavy atom. The van der Waals surface area contributed by atoms with Gasteiger partial charge in [0.15, 0.2) is 0 Å². The van der Waals surface area contributed by atoms with Crippen molar-refractivity contribution in [2.75, 3.05) is 0 Å². The first-order valence-corrected chi connectivity index (χ1v) is 35.1. The summed E-state index contributed by atoms with van der Waals surface area (Å²) in [6.07, 6.45) is 0. The molecule has 0 aliphatic heterocycles. The summed E-state index contributed by atoms with van der Waals surface area (Å²) in [6, 6.07) is 129. The molecule has 22 rings (SSSR count). The number of nitrogens with zero attached hydrogens (tertiary/aromatic N) is 7. The molecule has 21 aromatic rings. The van der Waals surface area contributed by atoms with Gasteiger partial charge in [-0.25, -0.2) is 4.98 Å². The zero-order valence-corrected chi connectivity index (χ0v) is 55.2. The molecule has 0 saturated carbocycles. The van der Waals surface area contributed by atoms with Crippen LogP contribution < -0.4 is 0 Å². The predicted octanol–water partition coefficient (Wildman–Crippen LogP) is 24.1. The largest absolute Gasteiger partial charge is 0.309 e. The van der Waals surface area contributed by atoms with Crippen molar-refractivity contribution in [1.82, 2.24) is 32.8 Å². The summed E-state index contributed by atoms with van der Waals surface area (Å²) in [5, 5.41) is 11.9. The van der Waals surface area contributed by atoms with Gasteiger partial charge in [0.1, 0.15) is 5.82 Å². The van der Waals surface area contributed by atoms with Crippen molar-refractivity contribution >= 4 is 109 Å². The Morgan fingerprint density at radius 1 is 0.196 bits per heavy atom. The summed E-state index contributed by atoms with van der Waals surface area (Å²) in [5.41, 5.74) is 27.4. The van der Waals surface area contributed by atoms with Gasteiger partial charge in [0.05, 0.1) is 66.8 Å². The normalized spacial score (nSPS) is 13.0. The second kappa shape index (κ2) is 21.9. The van der Waals surface area contributed by atoms with Gasteiger partial charge < -0.3 is 13.7 Å². The Bertz CT molecular complexity index is 6770. The molecule has 0 radical (unpaired) electrons. The first kappa shape index (κ1) is 56.4. The first-order chi connectivity index (χ1) is 50.6. The van der Waals surface area contributed by atoms with Gasteiger partial charge in [-0.3, -0.25) is 9.13 Å². The smallest absolute Gasteiger partial charge is 0.236 e. The predicted molar refractivity (Wildman–Crippen MR) is 423 cm³/mol. The molecule has 6 aromatic heterocycles. The van der Waals surface area contributed by atoms with Crippen molar-refractivity contribution in [2.45, 2.75) is 5.92 Å². The first-order valence-electron chi connectivity index (χ1n) is 35.1. The van der Waals surface area contributed by atoms with E-state index in [2.05, 4.69) is 375 Å². The summed E-state index contributed by atoms with van der Waals surface area (Å²) < 4.78 is 11.8. The molecule has 1 aliphatic carbocycles. The van der Waals surface area contributed by atoms with Gasteiger partial charge in [-0.15, -0.1) is 0 Å². The Balaban J connectivity index is 0.733. The van der Waals surface area contributed by atoms with Crippen LogP contribution >= 0.6 is 0 Å². The average molecular weight is 1300 g/mol. The quantitative estimate of drug-likeness (QED) is 0.145. The maximum Gasteiger partial charge on any atom is 0.236 e. The highest BCUT2D eigenvalue weighted by molar-refractivity contribution is 6.16. The summed E-state index contributed by atoms with van der Waals surface area (Å²) >= 11 is 0. The van der Waals surface area contributed by atoms with Crippen LogP contribution in [0.25, 0.3) is 182 Å². The number of rotatable bonds is 9. The highest BCUT2D eigenvalue weighted by Crippen LogP contribution is 2.51. The van der Waals surface area contributed by atoms with E-state index < -0.39 is 0 Å². The molecule has 474 valence electrons. The topological polar surface area (TPSA) is 50.4 Å². The van der Waals surface area contributed by atoms with E-state index in [1.165, 1.54) is 98.8 Å². The minimum Gasteiger partial charge on any atom is -0.309 e. The molecule has 0 spiro atoms. The van der Waals surface area contributed by atoms with Crippen molar-refractivity contribution in [3.8, 4) is 73.3 Å². The highest BCUT2D eigenvalue weighted by atomic mass is 15.2. The number of benzene rings is 15. The van der Waals surface area contributed by atoms with Crippen LogP contribution in [0.4, 0.5) is 0 Å². The maximum absolute atomic E-state index is 5.92. The Morgan fingerprint density at radius 2 is 0.490 bits per heavy atom. The van der Waals surface area contributed by atoms with Crippen LogP contribution in [0.5, 0.6) is 0 Å². The van der Waals surface area contributed by atoms with Gasteiger partial charge >= 0.3 is 0 Å². The fraction of sp³-hybridized carbons (Fsp3) is 0.0105. The maximum atomic E-state index is 5.92. The van der Waals surface area contributed by atoms with E-state index >= 15 is 0 Å². The second-order valence-corrected chi connectivity index (χ2v) is 27.2. The molecule has 6 heterocycles. The molecule has 15 aromatic carbocycles. The molecule has 0 saturated heterocycles. The number of hydrogen-bond acceptors (Lipinski definition) is 2. The Labute approximate surface area is 586 Å². The summed E-state index contributed by atoms with van der Waals surface area (Å²) in [6.45, 7) is 0. The van der Waals surface area contributed by atoms with E-state index in [4.69, 9.17) is 9.97 Å². The highest BCUT2D eigenvalue weighted by Gasteiger charge is 2.33. The van der Waals surface area contributed by atoms with E-state index in [0.29, 0.717) is 5.95 Å². The molecule has 0 bridgehead atoms. The third-order valence-electron chi connectivity index (χ3n) is 21.8. The fourth-order valence-electron chi connectivity index (χ4n) is 17.3. The van der Waals surface area contributed by atoms with E-state index in [1.807, 2.05) is 0 Å². The molecule has 0 amide bonds. The standard InChI is InChI=1S/C95H59N7/c1-4-22-65(23-5-1)98-83-35-17-12-29-69(83)77-53-60(41-47-88(77)98)59-40-46-75-76(52-59)68-28-10-11-34-74(68)94(75)82-58-93(101-86-38-20-15-32-72(86)80-56-63(44-50-91(80)101)61-42-48-89-78(54-61)70-30-13-18-36-84(70)99(89)66-24-6-2-7-25-66)97-95(96-82)102-87-39-21-16-33-73(87)81-57-64(45-51-92(81)102)62-43-49-90-79(55-62)71-31-14-19-37-85(71)100(90)67-26-8-3-9-27-67/h1-58,94H. The minimum atomic E-state index is -0.220. The van der Waals surface area contributed by atoms with Gasteiger partial charge in [0.25, 0.3) is 0 Å². The lowest BCUT2D eigenvalue weighted by atomic mass is 9.92. The molecule has 0 fully saturated rings. The van der Waals surface area contributed by atoms with Crippen LogP contribution in [-0.2, 0) is 0 Å². The lowest BCUT2D eigenvalue weighted by Crippen LogP contribution is -2.11. The summed E-state index contributed by atoms with van der Waals surface area (Å²) in [5.74, 6) is 1.18. The Hall–Kier alpha value is -13.6. The van der Waals surface area contributed by atoms with Gasteiger partial charge in [-0.2, -0.15) is 4.98 Å². The zero-order valence-electron chi connectivity index (χ0n) is 55.2. The van der Waals surface area contributed by atoms with Crippen molar-refractivity contribution in [3.63, 3.8) is 0 Å². The summed E-state index contributed by atoms with van der Waals surface area (Å²) in [4.78, 5) is 11.8. The van der Waals surface area contributed by atoms with Crippen LogP contribution in [0.1, 0.15) is 22.7 Å². The van der Waals surface area contributed by atoms with Crippen molar-refractivity contribution in [2.24, 2.45) is 0 Å². The summed E-state index contributed by atoms with van der Waals surface area (Å²) in [7, 11) is 0. The van der Waals surface area contributed by atoms with E-state index in [9.17, 15) is 0 Å². The van der Waals surface area contributed by atoms with Crippen LogP contribution in [0, 0.1) is 0 Å². The third kappa shape index (κ3) is 8.36. The van der Waals surface area contributed by atoms with Gasteiger partial charge in [-0.1, -0.05) is 212 Å². The van der Waals surface area contributed by atoms with Crippen LogP contribution in [-0.4, -0.2) is 32.8 Å². The minimum absolute atomic E-state index is 0.220. The number of fused-ring (bicyclic) bond motifs is 18. The Kier molecular flexibility index (Phi) is 12.1. The van der Waals surface area contributed by atoms with Crippen LogP contribution in [0.2, 0.25) is 0 Å². The molecular formula is C95H59N7. The van der Waals surface area contributed by atoms with Crippen molar-refractivity contribution in [1.29, 1.82) is 0 Å². The molecule has 1 atom stereocenters. The van der Waals surface area contributed by atoms with Crippen LogP contribution in [0.3, 0.4) is 0 Å². The molecule has 1 unspecified atom stereocenters. The van der Waals surface area contributed by atoms with E-state index in [1.54, 1.807) is 0 Å². The van der Waals surface area contributed by atoms with Crippen molar-refractivity contribution < 1.29 is 0 Å². The zero-order chi connectivity index (χ0) is 66.7. The molecule has 7 nitrogen and oxygen atoms in total. The molecule has 0 N–H and O–H groups in total. The van der Waals surface area contributed by atoms with E-state index in [0.717, 1.165) is 94.4 Å². The number of aromatic nitrogens is 7. The lowest BCUT2D eigenvalue weighted by Gasteiger charge is -2.18.